The summed E-state index contributed by atoms with van der Waals surface area (Å²) in [7, 11) is 0. The summed E-state index contributed by atoms with van der Waals surface area (Å²) in [6, 6.07) is 7.22. The van der Waals surface area contributed by atoms with Crippen molar-refractivity contribution < 1.29 is 9.59 Å². The molecule has 0 bridgehead atoms. The zero-order valence-electron chi connectivity index (χ0n) is 17.3. The van der Waals surface area contributed by atoms with Gasteiger partial charge in [0.1, 0.15) is 0 Å². The Bertz CT molecular complexity index is 676. The number of hydrogen-bond donors (Lipinski definition) is 3. The molecule has 1 saturated heterocycles. The molecular weight excluding hydrogens is 411 g/mol. The van der Waals surface area contributed by atoms with Crippen molar-refractivity contribution in [3.05, 3.63) is 29.8 Å². The maximum atomic E-state index is 12.6. The second-order valence-corrected chi connectivity index (χ2v) is 7.72. The Morgan fingerprint density at radius 2 is 1.86 bits per heavy atom. The molecule has 3 N–H and O–H groups in total. The van der Waals surface area contributed by atoms with Gasteiger partial charge in [0.2, 0.25) is 5.91 Å². The maximum absolute atomic E-state index is 12.6. The Morgan fingerprint density at radius 1 is 1.17 bits per heavy atom. The molecule has 1 aromatic carbocycles. The lowest BCUT2D eigenvalue weighted by molar-refractivity contribution is -0.118. The topological polar surface area (TPSA) is 73.5 Å². The summed E-state index contributed by atoms with van der Waals surface area (Å²) in [4.78, 5) is 27.3. The first kappa shape index (κ1) is 25.7. The lowest BCUT2D eigenvalue weighted by Gasteiger charge is -2.23. The van der Waals surface area contributed by atoms with Crippen LogP contribution in [0.4, 0.5) is 5.69 Å². The zero-order chi connectivity index (χ0) is 19.3. The molecule has 1 atom stereocenters. The van der Waals surface area contributed by atoms with Crippen LogP contribution in [0.5, 0.6) is 0 Å². The fraction of sp³-hybridized carbons (Fsp3) is 0.619. The van der Waals surface area contributed by atoms with Crippen LogP contribution >= 0.6 is 24.8 Å². The number of halogens is 2. The predicted octanol–water partition coefficient (Wildman–Crippen LogP) is 2.93. The SMILES string of the molecule is CCN(CC)CCNC(=O)c1cccc(NC(=O)C2CC23CCNCC3)c1.Cl.Cl. The second-order valence-electron chi connectivity index (χ2n) is 7.72. The van der Waals surface area contributed by atoms with Gasteiger partial charge in [-0.05, 0) is 69.1 Å². The minimum atomic E-state index is -0.0977. The van der Waals surface area contributed by atoms with Crippen molar-refractivity contribution in [3.8, 4) is 0 Å². The first-order valence-electron chi connectivity index (χ1n) is 10.2. The van der Waals surface area contributed by atoms with Crippen molar-refractivity contribution in [3.63, 3.8) is 0 Å². The number of nitrogens with zero attached hydrogens (tertiary/aromatic N) is 1. The zero-order valence-corrected chi connectivity index (χ0v) is 19.0. The van der Waals surface area contributed by atoms with Crippen molar-refractivity contribution >= 4 is 42.3 Å². The molecule has 6 nitrogen and oxygen atoms in total. The van der Waals surface area contributed by atoms with Crippen LogP contribution in [0.15, 0.2) is 24.3 Å². The van der Waals surface area contributed by atoms with Gasteiger partial charge in [-0.2, -0.15) is 0 Å². The molecule has 2 fully saturated rings. The molecule has 1 unspecified atom stereocenters. The number of amides is 2. The van der Waals surface area contributed by atoms with Crippen molar-refractivity contribution in [2.45, 2.75) is 33.1 Å². The molecule has 1 spiro atoms. The Labute approximate surface area is 186 Å². The highest BCUT2D eigenvalue weighted by Gasteiger charge is 2.57. The molecule has 2 amide bonds. The van der Waals surface area contributed by atoms with E-state index < -0.39 is 0 Å². The van der Waals surface area contributed by atoms with Gasteiger partial charge in [0, 0.05) is 30.3 Å². The van der Waals surface area contributed by atoms with E-state index in [0.717, 1.165) is 52.0 Å². The number of rotatable bonds is 8. The summed E-state index contributed by atoms with van der Waals surface area (Å²) in [5, 5.41) is 9.34. The van der Waals surface area contributed by atoms with Gasteiger partial charge in [-0.25, -0.2) is 0 Å². The molecule has 1 aliphatic heterocycles. The first-order chi connectivity index (χ1) is 13.1. The van der Waals surface area contributed by atoms with Gasteiger partial charge in [-0.3, -0.25) is 9.59 Å². The Kier molecular flexibility index (Phi) is 10.4. The van der Waals surface area contributed by atoms with Crippen molar-refractivity contribution in [2.75, 3.05) is 44.6 Å². The lowest BCUT2D eigenvalue weighted by atomic mass is 9.92. The monoisotopic (exact) mass is 444 g/mol. The van der Waals surface area contributed by atoms with Gasteiger partial charge >= 0.3 is 0 Å². The van der Waals surface area contributed by atoms with E-state index in [2.05, 4.69) is 34.7 Å². The summed E-state index contributed by atoms with van der Waals surface area (Å²) in [5.74, 6) is 0.113. The summed E-state index contributed by atoms with van der Waals surface area (Å²) < 4.78 is 0. The summed E-state index contributed by atoms with van der Waals surface area (Å²) in [6.07, 6.45) is 3.16. The number of benzene rings is 1. The van der Waals surface area contributed by atoms with E-state index in [4.69, 9.17) is 0 Å². The highest BCUT2D eigenvalue weighted by atomic mass is 35.5. The molecule has 164 valence electrons. The number of carbonyl (C=O) groups excluding carboxylic acids is 2. The molecule has 29 heavy (non-hydrogen) atoms. The van der Waals surface area contributed by atoms with E-state index in [1.807, 2.05) is 12.1 Å². The van der Waals surface area contributed by atoms with E-state index in [1.54, 1.807) is 12.1 Å². The number of anilines is 1. The van der Waals surface area contributed by atoms with Gasteiger partial charge in [0.05, 0.1) is 0 Å². The van der Waals surface area contributed by atoms with E-state index in [-0.39, 0.29) is 48.0 Å². The molecule has 1 aliphatic carbocycles. The van der Waals surface area contributed by atoms with Crippen molar-refractivity contribution in [1.82, 2.24) is 15.5 Å². The number of likely N-dealkylation sites (N-methyl/N-ethyl adjacent to an activating group) is 1. The number of nitrogens with one attached hydrogen (secondary N) is 3. The van der Waals surface area contributed by atoms with Gasteiger partial charge in [-0.15, -0.1) is 24.8 Å². The highest BCUT2D eigenvalue weighted by Crippen LogP contribution is 2.58. The van der Waals surface area contributed by atoms with Crippen LogP contribution < -0.4 is 16.0 Å². The third-order valence-electron chi connectivity index (χ3n) is 6.11. The average Bonchev–Trinajstić information content (AvgIpc) is 3.39. The van der Waals surface area contributed by atoms with E-state index in [9.17, 15) is 9.59 Å². The standard InChI is InChI=1S/C21H32N4O2.2ClH/c1-3-25(4-2)13-12-23-19(26)16-6-5-7-17(14-16)24-20(27)18-15-21(18)8-10-22-11-9-21;;/h5-7,14,18,22H,3-4,8-13,15H2,1-2H3,(H,23,26)(H,24,27);2*1H. The van der Waals surface area contributed by atoms with E-state index in [0.29, 0.717) is 17.8 Å². The molecule has 3 rings (SSSR count). The van der Waals surface area contributed by atoms with E-state index in [1.165, 1.54) is 0 Å². The maximum Gasteiger partial charge on any atom is 0.251 e. The van der Waals surface area contributed by atoms with Crippen LogP contribution in [-0.2, 0) is 4.79 Å². The molecule has 1 aromatic rings. The quantitative estimate of drug-likeness (QED) is 0.576. The highest BCUT2D eigenvalue weighted by molar-refractivity contribution is 5.98. The second kappa shape index (κ2) is 11.7. The fourth-order valence-electron chi connectivity index (χ4n) is 4.13. The third-order valence-corrected chi connectivity index (χ3v) is 6.11. The molecular formula is C21H34Cl2N4O2. The van der Waals surface area contributed by atoms with Crippen molar-refractivity contribution in [2.24, 2.45) is 11.3 Å². The average molecular weight is 445 g/mol. The van der Waals surface area contributed by atoms with Gasteiger partial charge < -0.3 is 20.9 Å². The first-order valence-corrected chi connectivity index (χ1v) is 10.2. The largest absolute Gasteiger partial charge is 0.351 e. The molecule has 0 aromatic heterocycles. The molecule has 0 radical (unpaired) electrons. The van der Waals surface area contributed by atoms with Gasteiger partial charge in [0.15, 0.2) is 0 Å². The van der Waals surface area contributed by atoms with Crippen LogP contribution in [0.1, 0.15) is 43.5 Å². The number of carbonyl (C=O) groups is 2. The van der Waals surface area contributed by atoms with Crippen LogP contribution in [0.2, 0.25) is 0 Å². The normalized spacial score (nSPS) is 19.1. The Morgan fingerprint density at radius 3 is 2.52 bits per heavy atom. The molecule has 8 heteroatoms. The minimum Gasteiger partial charge on any atom is -0.351 e. The van der Waals surface area contributed by atoms with Crippen LogP contribution in [0.25, 0.3) is 0 Å². The van der Waals surface area contributed by atoms with Gasteiger partial charge in [0.25, 0.3) is 5.91 Å². The lowest BCUT2D eigenvalue weighted by Crippen LogP contribution is -2.34. The molecule has 1 heterocycles. The van der Waals surface area contributed by atoms with Crippen LogP contribution in [-0.4, -0.2) is 56.0 Å². The van der Waals surface area contributed by atoms with Crippen LogP contribution in [0.3, 0.4) is 0 Å². The number of hydrogen-bond acceptors (Lipinski definition) is 4. The Balaban J connectivity index is 0.00000210. The third kappa shape index (κ3) is 6.57. The minimum absolute atomic E-state index is 0. The van der Waals surface area contributed by atoms with E-state index >= 15 is 0 Å². The fourth-order valence-corrected chi connectivity index (χ4v) is 4.13. The number of piperidine rings is 1. The predicted molar refractivity (Wildman–Crippen MR) is 122 cm³/mol. The molecule has 1 saturated carbocycles. The molecule has 2 aliphatic rings. The summed E-state index contributed by atoms with van der Waals surface area (Å²) >= 11 is 0. The van der Waals surface area contributed by atoms with Crippen LogP contribution in [0, 0.1) is 11.3 Å². The summed E-state index contributed by atoms with van der Waals surface area (Å²) in [5.41, 5.74) is 1.50. The van der Waals surface area contributed by atoms with Crippen molar-refractivity contribution in [1.29, 1.82) is 0 Å². The van der Waals surface area contributed by atoms with Gasteiger partial charge in [-0.1, -0.05) is 19.9 Å². The summed E-state index contributed by atoms with van der Waals surface area (Å²) in [6.45, 7) is 9.67. The Hall–Kier alpha value is -1.34. The smallest absolute Gasteiger partial charge is 0.251 e.